The molecule has 0 radical (unpaired) electrons. The first-order valence-corrected chi connectivity index (χ1v) is 12.1. The van der Waals surface area contributed by atoms with Crippen LogP contribution in [0.25, 0.3) is 0 Å². The lowest BCUT2D eigenvalue weighted by Crippen LogP contribution is -2.58. The van der Waals surface area contributed by atoms with E-state index in [1.807, 2.05) is 0 Å². The molecule has 4 nitrogen and oxygen atoms in total. The van der Waals surface area contributed by atoms with Gasteiger partial charge in [-0.05, 0) is 104 Å². The molecular weight excluding hydrogens is 364 g/mol. The van der Waals surface area contributed by atoms with Gasteiger partial charge in [0.25, 0.3) is 0 Å². The topological polar surface area (TPSA) is 66.8 Å². The summed E-state index contributed by atoms with van der Waals surface area (Å²) in [6.45, 7) is 7.28. The molecule has 0 bridgehead atoms. The monoisotopic (exact) mass is 406 g/mol. The third-order valence-corrected chi connectivity index (χ3v) is 10.4. The Morgan fingerprint density at radius 2 is 1.69 bits per heavy atom. The van der Waals surface area contributed by atoms with Gasteiger partial charge in [-0.2, -0.15) is 0 Å². The normalized spacial score (nSPS) is 50.2. The molecule has 0 unspecified atom stereocenters. The molecule has 0 heterocycles. The van der Waals surface area contributed by atoms with Crippen molar-refractivity contribution in [1.29, 1.82) is 0 Å². The van der Waals surface area contributed by atoms with Crippen molar-refractivity contribution in [2.75, 3.05) is 7.11 Å². The van der Waals surface area contributed by atoms with Gasteiger partial charge in [0.05, 0.1) is 19.3 Å². The molecule has 0 aromatic heterocycles. The van der Waals surface area contributed by atoms with Crippen LogP contribution in [-0.2, 0) is 9.53 Å². The van der Waals surface area contributed by atoms with Crippen LogP contribution in [0.3, 0.4) is 0 Å². The highest BCUT2D eigenvalue weighted by Gasteiger charge is 2.62. The maximum Gasteiger partial charge on any atom is 0.305 e. The number of hydrogen-bond donors (Lipinski definition) is 2. The quantitative estimate of drug-likeness (QED) is 0.671. The van der Waals surface area contributed by atoms with Crippen LogP contribution < -0.4 is 0 Å². The van der Waals surface area contributed by atoms with E-state index in [0.29, 0.717) is 41.4 Å². The Hall–Kier alpha value is -0.610. The number of aliphatic hydroxyl groups is 2. The van der Waals surface area contributed by atoms with Crippen LogP contribution in [0.4, 0.5) is 0 Å². The minimum Gasteiger partial charge on any atom is -0.469 e. The molecule has 4 saturated carbocycles. The fraction of sp³-hybridized carbons (Fsp3) is 0.960. The highest BCUT2D eigenvalue weighted by Crippen LogP contribution is 2.68. The summed E-state index contributed by atoms with van der Waals surface area (Å²) in [6, 6.07) is 0. The van der Waals surface area contributed by atoms with E-state index in [2.05, 4.69) is 20.8 Å². The molecule has 2 N–H and O–H groups in total. The van der Waals surface area contributed by atoms with Gasteiger partial charge in [0.15, 0.2) is 0 Å². The molecule has 0 aromatic carbocycles. The van der Waals surface area contributed by atoms with E-state index in [0.717, 1.165) is 32.1 Å². The number of carbonyl (C=O) groups is 1. The van der Waals surface area contributed by atoms with Crippen LogP contribution in [0.2, 0.25) is 0 Å². The third kappa shape index (κ3) is 3.46. The smallest absolute Gasteiger partial charge is 0.305 e. The van der Waals surface area contributed by atoms with Crippen molar-refractivity contribution in [3.8, 4) is 0 Å². The molecule has 0 spiro atoms. The van der Waals surface area contributed by atoms with Gasteiger partial charge in [-0.15, -0.1) is 0 Å². The number of aliphatic hydroxyl groups excluding tert-OH is 2. The number of rotatable bonds is 4. The average molecular weight is 407 g/mol. The van der Waals surface area contributed by atoms with Gasteiger partial charge in [0, 0.05) is 6.42 Å². The first kappa shape index (κ1) is 21.6. The molecule has 0 saturated heterocycles. The number of ether oxygens (including phenoxy) is 1. The van der Waals surface area contributed by atoms with Gasteiger partial charge in [-0.3, -0.25) is 4.79 Å². The van der Waals surface area contributed by atoms with Crippen LogP contribution in [0, 0.1) is 46.3 Å². The van der Waals surface area contributed by atoms with E-state index in [-0.39, 0.29) is 29.5 Å². The van der Waals surface area contributed by atoms with Gasteiger partial charge in [-0.1, -0.05) is 20.8 Å². The Morgan fingerprint density at radius 1 is 1.00 bits per heavy atom. The fourth-order valence-corrected chi connectivity index (χ4v) is 8.90. The van der Waals surface area contributed by atoms with E-state index in [9.17, 15) is 15.0 Å². The molecule has 4 rings (SSSR count). The van der Waals surface area contributed by atoms with E-state index in [1.54, 1.807) is 0 Å². The van der Waals surface area contributed by atoms with Crippen LogP contribution in [-0.4, -0.2) is 35.5 Å². The maximum absolute atomic E-state index is 11.6. The van der Waals surface area contributed by atoms with Crippen molar-refractivity contribution in [1.82, 2.24) is 0 Å². The first-order valence-electron chi connectivity index (χ1n) is 12.1. The molecule has 0 amide bonds. The van der Waals surface area contributed by atoms with E-state index < -0.39 is 0 Å². The summed E-state index contributed by atoms with van der Waals surface area (Å²) in [5.74, 6) is 3.42. The van der Waals surface area contributed by atoms with Crippen LogP contribution in [0.15, 0.2) is 0 Å². The number of fused-ring (bicyclic) bond motifs is 5. The lowest BCUT2D eigenvalue weighted by atomic mass is 9.44. The molecular formula is C25H42O4. The minimum absolute atomic E-state index is 0.0888. The molecule has 29 heavy (non-hydrogen) atoms. The Kier molecular flexibility index (Phi) is 5.83. The first-order chi connectivity index (χ1) is 13.7. The van der Waals surface area contributed by atoms with Gasteiger partial charge in [0.1, 0.15) is 0 Å². The fourth-order valence-electron chi connectivity index (χ4n) is 8.90. The Morgan fingerprint density at radius 3 is 2.41 bits per heavy atom. The SMILES string of the molecule is COC(=O)CC[C@@H](C)[C@H]1CC[C@H]2[C@@H]3C[C@H](O)[C@@H]4C[C@H](O)CC[C@]4(C)[C@H]3CC[C@]12C. The zero-order chi connectivity index (χ0) is 21.0. The summed E-state index contributed by atoms with van der Waals surface area (Å²) in [4.78, 5) is 11.6. The van der Waals surface area contributed by atoms with E-state index in [1.165, 1.54) is 32.8 Å². The highest BCUT2D eigenvalue weighted by molar-refractivity contribution is 5.69. The summed E-state index contributed by atoms with van der Waals surface area (Å²) < 4.78 is 4.86. The lowest BCUT2D eigenvalue weighted by Gasteiger charge is -2.62. The number of methoxy groups -OCH3 is 1. The second kappa shape index (κ2) is 7.82. The van der Waals surface area contributed by atoms with Crippen molar-refractivity contribution in [3.05, 3.63) is 0 Å². The Labute approximate surface area is 176 Å². The molecule has 4 aliphatic rings. The van der Waals surface area contributed by atoms with Crippen molar-refractivity contribution in [3.63, 3.8) is 0 Å². The largest absolute Gasteiger partial charge is 0.469 e. The Bertz CT molecular complexity index is 620. The molecule has 166 valence electrons. The van der Waals surface area contributed by atoms with E-state index in [4.69, 9.17) is 4.74 Å². The standard InChI is InChI=1S/C25H42O4/c1-15(5-8-23(28)29-4)18-6-7-19-17-14-22(27)21-13-16(26)9-11-25(21,3)20(17)10-12-24(18,19)2/h15-22,26-27H,5-14H2,1-4H3/t15-,16-,17+,18-,19+,20+,21+,22+,24-,25-/m1/s1. The van der Waals surface area contributed by atoms with Gasteiger partial charge in [-0.25, -0.2) is 0 Å². The van der Waals surface area contributed by atoms with Crippen molar-refractivity contribution < 1.29 is 19.7 Å². The summed E-state index contributed by atoms with van der Waals surface area (Å²) in [7, 11) is 1.48. The van der Waals surface area contributed by atoms with Gasteiger partial charge >= 0.3 is 5.97 Å². The van der Waals surface area contributed by atoms with Crippen molar-refractivity contribution in [2.45, 2.75) is 97.2 Å². The average Bonchev–Trinajstić information content (AvgIpc) is 3.05. The van der Waals surface area contributed by atoms with Crippen molar-refractivity contribution >= 4 is 5.97 Å². The molecule has 4 heteroatoms. The van der Waals surface area contributed by atoms with Crippen LogP contribution >= 0.6 is 0 Å². The molecule has 4 aliphatic carbocycles. The molecule has 0 aromatic rings. The number of carbonyl (C=O) groups excluding carboxylic acids is 1. The van der Waals surface area contributed by atoms with Crippen LogP contribution in [0.1, 0.15) is 85.0 Å². The van der Waals surface area contributed by atoms with Gasteiger partial charge < -0.3 is 14.9 Å². The van der Waals surface area contributed by atoms with Crippen molar-refractivity contribution in [2.24, 2.45) is 46.3 Å². The number of esters is 1. The predicted molar refractivity (Wildman–Crippen MR) is 113 cm³/mol. The minimum atomic E-state index is -0.255. The summed E-state index contributed by atoms with van der Waals surface area (Å²) in [5, 5.41) is 21.3. The predicted octanol–water partition coefficient (Wildman–Crippen LogP) is 4.57. The Balaban J connectivity index is 1.52. The number of hydrogen-bond acceptors (Lipinski definition) is 4. The van der Waals surface area contributed by atoms with E-state index >= 15 is 0 Å². The van der Waals surface area contributed by atoms with Gasteiger partial charge in [0.2, 0.25) is 0 Å². The summed E-state index contributed by atoms with van der Waals surface area (Å²) in [5.41, 5.74) is 0.533. The summed E-state index contributed by atoms with van der Waals surface area (Å²) >= 11 is 0. The zero-order valence-corrected chi connectivity index (χ0v) is 18.9. The second-order valence-electron chi connectivity index (χ2n) is 11.5. The summed E-state index contributed by atoms with van der Waals surface area (Å²) in [6.07, 6.45) is 9.77. The third-order valence-electron chi connectivity index (χ3n) is 10.4. The highest BCUT2D eigenvalue weighted by atomic mass is 16.5. The maximum atomic E-state index is 11.6. The molecule has 4 fully saturated rings. The zero-order valence-electron chi connectivity index (χ0n) is 18.9. The van der Waals surface area contributed by atoms with Crippen LogP contribution in [0.5, 0.6) is 0 Å². The lowest BCUT2D eigenvalue weighted by molar-refractivity contribution is -0.172. The molecule has 0 aliphatic heterocycles. The second-order valence-corrected chi connectivity index (χ2v) is 11.5. The molecule has 10 atom stereocenters.